The first-order valence-electron chi connectivity index (χ1n) is 10.8. The van der Waals surface area contributed by atoms with Gasteiger partial charge in [-0.15, -0.1) is 11.3 Å². The zero-order chi connectivity index (χ0) is 20.7. The molecule has 1 N–H and O–H groups in total. The van der Waals surface area contributed by atoms with E-state index in [2.05, 4.69) is 35.1 Å². The van der Waals surface area contributed by atoms with Crippen LogP contribution in [0.3, 0.4) is 0 Å². The Bertz CT molecular complexity index is 1080. The molecule has 5 rings (SSSR count). The van der Waals surface area contributed by atoms with E-state index in [0.717, 1.165) is 18.5 Å². The van der Waals surface area contributed by atoms with Gasteiger partial charge in [-0.05, 0) is 69.4 Å². The molecule has 0 spiro atoms. The van der Waals surface area contributed by atoms with Crippen molar-refractivity contribution in [2.24, 2.45) is 0 Å². The minimum absolute atomic E-state index is 0.0295. The van der Waals surface area contributed by atoms with E-state index in [0.29, 0.717) is 24.6 Å². The van der Waals surface area contributed by atoms with E-state index >= 15 is 0 Å². The van der Waals surface area contributed by atoms with Gasteiger partial charge in [0.15, 0.2) is 0 Å². The lowest BCUT2D eigenvalue weighted by molar-refractivity contribution is 0.189. The van der Waals surface area contributed by atoms with Crippen LogP contribution in [-0.4, -0.2) is 22.1 Å². The number of nitrogens with one attached hydrogen (secondary N) is 1. The molecule has 156 valence electrons. The van der Waals surface area contributed by atoms with E-state index < -0.39 is 0 Å². The summed E-state index contributed by atoms with van der Waals surface area (Å²) in [6.07, 6.45) is 6.91. The lowest BCUT2D eigenvalue weighted by Crippen LogP contribution is -2.36. The molecule has 1 atom stereocenters. The van der Waals surface area contributed by atoms with Crippen molar-refractivity contribution in [1.82, 2.24) is 9.47 Å². The molecule has 30 heavy (non-hydrogen) atoms. The Labute approximate surface area is 181 Å². The van der Waals surface area contributed by atoms with Crippen LogP contribution in [0.5, 0.6) is 5.75 Å². The Morgan fingerprint density at radius 2 is 2.00 bits per heavy atom. The van der Waals surface area contributed by atoms with Crippen LogP contribution in [0.25, 0.3) is 5.00 Å². The third-order valence-corrected chi connectivity index (χ3v) is 7.51. The van der Waals surface area contributed by atoms with Crippen molar-refractivity contribution in [1.29, 1.82) is 0 Å². The van der Waals surface area contributed by atoms with E-state index in [1.807, 2.05) is 47.4 Å². The zero-order valence-corrected chi connectivity index (χ0v) is 18.3. The molecule has 2 aromatic heterocycles. The van der Waals surface area contributed by atoms with Gasteiger partial charge < -0.3 is 19.5 Å². The van der Waals surface area contributed by atoms with Crippen molar-refractivity contribution >= 4 is 23.1 Å². The molecular formula is C24H27N3O2S. The number of para-hydroxylation sites is 2. The highest BCUT2D eigenvalue weighted by molar-refractivity contribution is 7.15. The van der Waals surface area contributed by atoms with Crippen LogP contribution >= 0.6 is 11.3 Å². The molecule has 1 aromatic carbocycles. The van der Waals surface area contributed by atoms with Crippen LogP contribution in [0.4, 0.5) is 10.5 Å². The summed E-state index contributed by atoms with van der Waals surface area (Å²) in [5.41, 5.74) is 4.66. The van der Waals surface area contributed by atoms with E-state index in [-0.39, 0.29) is 12.1 Å². The van der Waals surface area contributed by atoms with Gasteiger partial charge in [-0.2, -0.15) is 0 Å². The molecule has 5 nitrogen and oxygen atoms in total. The van der Waals surface area contributed by atoms with E-state index in [4.69, 9.17) is 4.74 Å². The lowest BCUT2D eigenvalue weighted by Gasteiger charge is -2.28. The number of ether oxygens (including phenoxy) is 1. The number of nitrogens with zero attached hydrogens (tertiary/aromatic N) is 2. The molecule has 3 aromatic rings. The zero-order valence-electron chi connectivity index (χ0n) is 17.5. The predicted octanol–water partition coefficient (Wildman–Crippen LogP) is 5.93. The number of benzene rings is 1. The molecule has 1 aliphatic heterocycles. The Morgan fingerprint density at radius 1 is 1.17 bits per heavy atom. The number of carbonyl (C=O) groups is 1. The summed E-state index contributed by atoms with van der Waals surface area (Å²) >= 11 is 1.91. The summed E-state index contributed by atoms with van der Waals surface area (Å²) in [4.78, 5) is 16.9. The number of anilines is 1. The molecule has 1 aliphatic carbocycles. The molecular weight excluding hydrogens is 394 g/mol. The first-order chi connectivity index (χ1) is 14.7. The highest BCUT2D eigenvalue weighted by Crippen LogP contribution is 2.42. The number of urea groups is 1. The minimum Gasteiger partial charge on any atom is -0.492 e. The van der Waals surface area contributed by atoms with Crippen LogP contribution in [0, 0.1) is 0 Å². The number of hydrogen-bond donors (Lipinski definition) is 1. The first-order valence-corrected chi connectivity index (χ1v) is 11.6. The average Bonchev–Trinajstić information content (AvgIpc) is 3.35. The quantitative estimate of drug-likeness (QED) is 0.570. The molecule has 3 heterocycles. The standard InChI is InChI=1S/C24H27N3O2S/c1-3-29-21-12-6-5-10-19(21)25-24(28)27-15-18-17-9-4-7-13-22(17)30-23(18)26-14-8-11-20(26)16(27)2/h5-6,8,10-12,14,16H,3-4,7,9,13,15H2,1-2H3,(H,25,28)/t16-/m0/s1. The second kappa shape index (κ2) is 7.84. The van der Waals surface area contributed by atoms with Crippen LogP contribution in [0.1, 0.15) is 54.4 Å². The molecule has 0 saturated heterocycles. The van der Waals surface area contributed by atoms with E-state index in [1.54, 1.807) is 0 Å². The highest BCUT2D eigenvalue weighted by Gasteiger charge is 2.33. The van der Waals surface area contributed by atoms with Crippen molar-refractivity contribution in [3.8, 4) is 10.8 Å². The molecule has 0 fully saturated rings. The Kier molecular flexibility index (Phi) is 5.03. The van der Waals surface area contributed by atoms with Crippen LogP contribution in [-0.2, 0) is 19.4 Å². The maximum absolute atomic E-state index is 13.5. The highest BCUT2D eigenvalue weighted by atomic mass is 32.1. The number of fused-ring (bicyclic) bond motifs is 5. The fraction of sp³-hybridized carbons (Fsp3) is 0.375. The normalized spacial score (nSPS) is 17.5. The average molecular weight is 422 g/mol. The molecule has 0 bridgehead atoms. The Hall–Kier alpha value is -2.73. The van der Waals surface area contributed by atoms with Crippen molar-refractivity contribution in [3.63, 3.8) is 0 Å². The third-order valence-electron chi connectivity index (χ3n) is 6.17. The van der Waals surface area contributed by atoms with Crippen molar-refractivity contribution in [3.05, 3.63) is 64.3 Å². The molecule has 0 unspecified atom stereocenters. The first kappa shape index (κ1) is 19.2. The van der Waals surface area contributed by atoms with Gasteiger partial charge in [-0.3, -0.25) is 0 Å². The van der Waals surface area contributed by atoms with Gasteiger partial charge in [0.25, 0.3) is 0 Å². The summed E-state index contributed by atoms with van der Waals surface area (Å²) in [5, 5.41) is 4.40. The van der Waals surface area contributed by atoms with Gasteiger partial charge >= 0.3 is 6.03 Å². The molecule has 0 radical (unpaired) electrons. The van der Waals surface area contributed by atoms with Crippen LogP contribution in [0.2, 0.25) is 0 Å². The maximum Gasteiger partial charge on any atom is 0.322 e. The van der Waals surface area contributed by atoms with Crippen LogP contribution < -0.4 is 10.1 Å². The third kappa shape index (κ3) is 3.19. The summed E-state index contributed by atoms with van der Waals surface area (Å²) < 4.78 is 8.00. The van der Waals surface area contributed by atoms with Crippen molar-refractivity contribution in [2.45, 2.75) is 52.1 Å². The van der Waals surface area contributed by atoms with E-state index in [1.165, 1.54) is 33.8 Å². The fourth-order valence-corrected chi connectivity index (χ4v) is 6.05. The summed E-state index contributed by atoms with van der Waals surface area (Å²) in [5.74, 6) is 0.702. The van der Waals surface area contributed by atoms with E-state index in [9.17, 15) is 4.79 Å². The maximum atomic E-state index is 13.5. The number of aryl methyl sites for hydroxylation is 1. The number of thiophene rings is 1. The topological polar surface area (TPSA) is 46.5 Å². The number of rotatable bonds is 3. The molecule has 0 saturated carbocycles. The predicted molar refractivity (Wildman–Crippen MR) is 121 cm³/mol. The summed E-state index contributed by atoms with van der Waals surface area (Å²) in [7, 11) is 0. The molecule has 2 amide bonds. The van der Waals surface area contributed by atoms with Crippen molar-refractivity contribution < 1.29 is 9.53 Å². The van der Waals surface area contributed by atoms with Gasteiger partial charge in [0.05, 0.1) is 24.9 Å². The number of carbonyl (C=O) groups excluding carboxylic acids is 1. The number of amides is 2. The fourth-order valence-electron chi connectivity index (χ4n) is 4.65. The molecule has 6 heteroatoms. The number of aromatic nitrogens is 1. The van der Waals surface area contributed by atoms with Gasteiger partial charge in [0.2, 0.25) is 0 Å². The number of hydrogen-bond acceptors (Lipinski definition) is 3. The van der Waals surface area contributed by atoms with Gasteiger partial charge in [-0.25, -0.2) is 4.79 Å². The minimum atomic E-state index is -0.0917. The van der Waals surface area contributed by atoms with Crippen LogP contribution in [0.15, 0.2) is 42.6 Å². The second-order valence-electron chi connectivity index (χ2n) is 7.96. The van der Waals surface area contributed by atoms with Crippen molar-refractivity contribution in [2.75, 3.05) is 11.9 Å². The largest absolute Gasteiger partial charge is 0.492 e. The van der Waals surface area contributed by atoms with Gasteiger partial charge in [-0.1, -0.05) is 12.1 Å². The Morgan fingerprint density at radius 3 is 2.87 bits per heavy atom. The van der Waals surface area contributed by atoms with Gasteiger partial charge in [0.1, 0.15) is 10.8 Å². The SMILES string of the molecule is CCOc1ccccc1NC(=O)N1Cc2c(sc3c2CCCC3)-n2cccc2[C@@H]1C. The summed E-state index contributed by atoms with van der Waals surface area (Å²) in [6, 6.07) is 11.7. The second-order valence-corrected chi connectivity index (χ2v) is 9.04. The van der Waals surface area contributed by atoms with Gasteiger partial charge in [0, 0.05) is 22.3 Å². The summed E-state index contributed by atoms with van der Waals surface area (Å²) in [6.45, 7) is 5.26. The monoisotopic (exact) mass is 421 g/mol. The smallest absolute Gasteiger partial charge is 0.322 e. The Balaban J connectivity index is 1.52. The lowest BCUT2D eigenvalue weighted by atomic mass is 9.95. The molecule has 2 aliphatic rings.